The third-order valence-electron chi connectivity index (χ3n) is 3.52. The normalized spacial score (nSPS) is 10.6. The highest BCUT2D eigenvalue weighted by atomic mass is 16.6. The number of nitrogens with one attached hydrogen (secondary N) is 1. The largest absolute Gasteiger partial charge is 0.389 e. The van der Waals surface area contributed by atoms with E-state index in [0.29, 0.717) is 13.1 Å². The van der Waals surface area contributed by atoms with Crippen molar-refractivity contribution in [3.63, 3.8) is 0 Å². The molecule has 0 aliphatic carbocycles. The second-order valence-electron chi connectivity index (χ2n) is 5.46. The smallest absolute Gasteiger partial charge is 0.358 e. The van der Waals surface area contributed by atoms with Crippen LogP contribution in [0, 0.1) is 10.1 Å². The Morgan fingerprint density at radius 1 is 1.24 bits per heavy atom. The fraction of sp³-hybridized carbons (Fsp3) is 0.188. The molecule has 0 radical (unpaired) electrons. The van der Waals surface area contributed by atoms with Crippen molar-refractivity contribution >= 4 is 11.7 Å². The minimum atomic E-state index is -0.597. The van der Waals surface area contributed by atoms with Crippen LogP contribution in [0.15, 0.2) is 55.2 Å². The van der Waals surface area contributed by atoms with Crippen molar-refractivity contribution in [1.29, 1.82) is 0 Å². The van der Waals surface area contributed by atoms with Crippen LogP contribution in [0.3, 0.4) is 0 Å². The van der Waals surface area contributed by atoms with Crippen molar-refractivity contribution in [3.05, 3.63) is 76.5 Å². The summed E-state index contributed by atoms with van der Waals surface area (Å²) >= 11 is 0. The Balaban J connectivity index is 1.53. The lowest BCUT2D eigenvalue weighted by molar-refractivity contribution is -0.389. The summed E-state index contributed by atoms with van der Waals surface area (Å²) in [6, 6.07) is 9.14. The number of nitro groups is 1. The van der Waals surface area contributed by atoms with Crippen LogP contribution in [0.5, 0.6) is 0 Å². The van der Waals surface area contributed by atoms with Crippen LogP contribution in [0.1, 0.15) is 11.1 Å². The maximum Gasteiger partial charge on any atom is 0.389 e. The Bertz CT molecular complexity index is 872. The van der Waals surface area contributed by atoms with E-state index in [2.05, 4.69) is 15.4 Å². The maximum absolute atomic E-state index is 12.0. The SMILES string of the molecule is O=C(Cn1ccc([N+](=O)[O-])n1)NCc1cccc(Cn2ccnc2)c1. The van der Waals surface area contributed by atoms with E-state index in [-0.39, 0.29) is 18.3 Å². The van der Waals surface area contributed by atoms with Crippen LogP contribution in [0.2, 0.25) is 0 Å². The van der Waals surface area contributed by atoms with Gasteiger partial charge in [-0.3, -0.25) is 4.79 Å². The van der Waals surface area contributed by atoms with Gasteiger partial charge in [-0.15, -0.1) is 0 Å². The summed E-state index contributed by atoms with van der Waals surface area (Å²) in [7, 11) is 0. The average molecular weight is 340 g/mol. The number of amides is 1. The molecule has 25 heavy (non-hydrogen) atoms. The zero-order valence-electron chi connectivity index (χ0n) is 13.3. The van der Waals surface area contributed by atoms with Crippen molar-refractivity contribution in [3.8, 4) is 0 Å². The summed E-state index contributed by atoms with van der Waals surface area (Å²) in [4.78, 5) is 25.9. The summed E-state index contributed by atoms with van der Waals surface area (Å²) in [6.07, 6.45) is 6.77. The molecule has 128 valence electrons. The first-order valence-corrected chi connectivity index (χ1v) is 7.58. The van der Waals surface area contributed by atoms with Crippen LogP contribution in [0.4, 0.5) is 5.82 Å². The van der Waals surface area contributed by atoms with Crippen LogP contribution in [0.25, 0.3) is 0 Å². The fourth-order valence-corrected chi connectivity index (χ4v) is 2.37. The van der Waals surface area contributed by atoms with Gasteiger partial charge in [0.25, 0.3) is 0 Å². The number of rotatable bonds is 7. The third kappa shape index (κ3) is 4.50. The average Bonchev–Trinajstić information content (AvgIpc) is 3.25. The van der Waals surface area contributed by atoms with Crippen molar-refractivity contribution in [1.82, 2.24) is 24.6 Å². The number of carbonyl (C=O) groups excluding carboxylic acids is 1. The number of benzene rings is 1. The standard InChI is InChI=1S/C16H16N6O3/c23-16(11-21-6-4-15(19-21)22(24)25)18-9-13-2-1-3-14(8-13)10-20-7-5-17-12-20/h1-8,12H,9-11H2,(H,18,23). The van der Waals surface area contributed by atoms with E-state index in [1.165, 1.54) is 16.9 Å². The lowest BCUT2D eigenvalue weighted by atomic mass is 10.1. The lowest BCUT2D eigenvalue weighted by Crippen LogP contribution is -2.27. The first kappa shape index (κ1) is 16.4. The Labute approximate surface area is 143 Å². The maximum atomic E-state index is 12.0. The van der Waals surface area contributed by atoms with E-state index in [4.69, 9.17) is 0 Å². The quantitative estimate of drug-likeness (QED) is 0.516. The first-order chi connectivity index (χ1) is 12.1. The Morgan fingerprint density at radius 3 is 2.80 bits per heavy atom. The minimum Gasteiger partial charge on any atom is -0.358 e. The predicted octanol–water partition coefficient (Wildman–Crippen LogP) is 1.35. The topological polar surface area (TPSA) is 108 Å². The molecule has 1 N–H and O–H groups in total. The molecule has 2 heterocycles. The number of hydrogen-bond acceptors (Lipinski definition) is 5. The van der Waals surface area contributed by atoms with Gasteiger partial charge in [-0.25, -0.2) is 4.98 Å². The number of aromatic nitrogens is 4. The zero-order chi connectivity index (χ0) is 17.6. The number of hydrogen-bond donors (Lipinski definition) is 1. The highest BCUT2D eigenvalue weighted by Crippen LogP contribution is 2.08. The molecule has 0 saturated heterocycles. The van der Waals surface area contributed by atoms with E-state index in [1.54, 1.807) is 12.5 Å². The molecular formula is C16H16N6O3. The Hall–Kier alpha value is -3.49. The van der Waals surface area contributed by atoms with E-state index in [0.717, 1.165) is 11.1 Å². The molecule has 0 aliphatic heterocycles. The van der Waals surface area contributed by atoms with Gasteiger partial charge in [0, 0.05) is 25.5 Å². The third-order valence-corrected chi connectivity index (χ3v) is 3.52. The molecule has 0 spiro atoms. The summed E-state index contributed by atoms with van der Waals surface area (Å²) in [5.41, 5.74) is 2.07. The molecule has 2 aromatic heterocycles. The molecule has 0 saturated carbocycles. The van der Waals surface area contributed by atoms with Gasteiger partial charge in [-0.05, 0) is 16.1 Å². The number of carbonyl (C=O) groups is 1. The molecule has 1 aromatic carbocycles. The van der Waals surface area contributed by atoms with Crippen molar-refractivity contribution < 1.29 is 9.72 Å². The highest BCUT2D eigenvalue weighted by Gasteiger charge is 2.13. The number of nitrogens with zero attached hydrogens (tertiary/aromatic N) is 5. The number of imidazole rings is 1. The lowest BCUT2D eigenvalue weighted by Gasteiger charge is -2.07. The van der Waals surface area contributed by atoms with E-state index < -0.39 is 4.92 Å². The van der Waals surface area contributed by atoms with Gasteiger partial charge in [0.2, 0.25) is 5.91 Å². The Morgan fingerprint density at radius 2 is 2.08 bits per heavy atom. The molecule has 1 amide bonds. The molecule has 0 atom stereocenters. The van der Waals surface area contributed by atoms with E-state index >= 15 is 0 Å². The van der Waals surface area contributed by atoms with Gasteiger partial charge in [0.15, 0.2) is 0 Å². The van der Waals surface area contributed by atoms with Crippen LogP contribution in [-0.4, -0.2) is 30.2 Å². The molecule has 0 aliphatic rings. The van der Waals surface area contributed by atoms with E-state index in [9.17, 15) is 14.9 Å². The minimum absolute atomic E-state index is 0.0669. The molecule has 3 aromatic rings. The van der Waals surface area contributed by atoms with Gasteiger partial charge in [0.1, 0.15) is 6.54 Å². The van der Waals surface area contributed by atoms with Gasteiger partial charge in [-0.2, -0.15) is 4.68 Å². The molecule has 0 fully saturated rings. The van der Waals surface area contributed by atoms with Crippen molar-refractivity contribution in [2.75, 3.05) is 0 Å². The molecule has 9 heteroatoms. The predicted molar refractivity (Wildman–Crippen MR) is 88.5 cm³/mol. The zero-order valence-corrected chi connectivity index (χ0v) is 13.3. The molecule has 9 nitrogen and oxygen atoms in total. The second-order valence-corrected chi connectivity index (χ2v) is 5.46. The van der Waals surface area contributed by atoms with Gasteiger partial charge < -0.3 is 20.0 Å². The fourth-order valence-electron chi connectivity index (χ4n) is 2.37. The molecule has 0 bridgehead atoms. The van der Waals surface area contributed by atoms with Crippen LogP contribution >= 0.6 is 0 Å². The highest BCUT2D eigenvalue weighted by molar-refractivity contribution is 5.75. The van der Waals surface area contributed by atoms with Gasteiger partial charge >= 0.3 is 5.82 Å². The van der Waals surface area contributed by atoms with Crippen molar-refractivity contribution in [2.45, 2.75) is 19.6 Å². The van der Waals surface area contributed by atoms with Crippen LogP contribution in [-0.2, 0) is 24.4 Å². The molecule has 0 unspecified atom stereocenters. The molecule has 3 rings (SSSR count). The van der Waals surface area contributed by atoms with Crippen LogP contribution < -0.4 is 5.32 Å². The van der Waals surface area contributed by atoms with Gasteiger partial charge in [-0.1, -0.05) is 24.3 Å². The summed E-state index contributed by atoms with van der Waals surface area (Å²) in [5, 5.41) is 17.1. The first-order valence-electron chi connectivity index (χ1n) is 7.58. The summed E-state index contributed by atoms with van der Waals surface area (Å²) in [6.45, 7) is 1.02. The summed E-state index contributed by atoms with van der Waals surface area (Å²) in [5.74, 6) is -0.544. The van der Waals surface area contributed by atoms with E-state index in [1.807, 2.05) is 35.0 Å². The molecular weight excluding hydrogens is 324 g/mol. The summed E-state index contributed by atoms with van der Waals surface area (Å²) < 4.78 is 3.20. The monoisotopic (exact) mass is 340 g/mol. The Kier molecular flexibility index (Phi) is 4.84. The second kappa shape index (κ2) is 7.39. The van der Waals surface area contributed by atoms with Crippen molar-refractivity contribution in [2.24, 2.45) is 0 Å². The van der Waals surface area contributed by atoms with Gasteiger partial charge in [0.05, 0.1) is 23.7 Å².